The molecule has 0 radical (unpaired) electrons. The van der Waals surface area contributed by atoms with Crippen LogP contribution in [-0.4, -0.2) is 9.97 Å². The van der Waals surface area contributed by atoms with Crippen LogP contribution in [0.1, 0.15) is 24.0 Å². The van der Waals surface area contributed by atoms with Crippen LogP contribution in [0.5, 0.6) is 0 Å². The van der Waals surface area contributed by atoms with Crippen LogP contribution in [0.15, 0.2) is 205 Å². The Labute approximate surface area is 353 Å². The predicted octanol–water partition coefficient (Wildman–Crippen LogP) is 12.7. The SMILES string of the molecule is CC1/C(=c2/cccc/c2=C(/N)c2ccc(-c3cc(-c4ccc(-c5ccc6c7ccccc7c7ccccc7c6c5)cc4)nc(-c4ccccc4)n3)cc2)Sc2ccccc21. The maximum Gasteiger partial charge on any atom is 0.160 e. The molecule has 0 saturated heterocycles. The molecule has 11 rings (SSSR count). The number of rotatable bonds is 5. The Hall–Kier alpha value is -7.27. The fraction of sp³-hybridized carbons (Fsp3) is 0.0357. The lowest BCUT2D eigenvalue weighted by Crippen LogP contribution is -2.31. The van der Waals surface area contributed by atoms with Crippen LogP contribution in [0.3, 0.4) is 0 Å². The van der Waals surface area contributed by atoms with Crippen LogP contribution < -0.4 is 16.2 Å². The maximum absolute atomic E-state index is 7.02. The zero-order chi connectivity index (χ0) is 40.2. The third-order valence-electron chi connectivity index (χ3n) is 12.0. The highest BCUT2D eigenvalue weighted by atomic mass is 32.2. The van der Waals surface area contributed by atoms with E-state index in [1.165, 1.54) is 58.5 Å². The predicted molar refractivity (Wildman–Crippen MR) is 253 cm³/mol. The molecule has 1 aliphatic rings. The van der Waals surface area contributed by atoms with Gasteiger partial charge in [-0.25, -0.2) is 9.97 Å². The fourth-order valence-corrected chi connectivity index (χ4v) is 10.2. The normalized spacial score (nSPS) is 15.1. The molecule has 2 N–H and O–H groups in total. The van der Waals surface area contributed by atoms with Crippen molar-refractivity contribution in [2.24, 2.45) is 5.73 Å². The van der Waals surface area contributed by atoms with E-state index < -0.39 is 0 Å². The molecule has 4 heteroatoms. The highest BCUT2D eigenvalue weighted by molar-refractivity contribution is 8.08. The first-order chi connectivity index (χ1) is 29.6. The summed E-state index contributed by atoms with van der Waals surface area (Å²) in [5.74, 6) is 0.996. The van der Waals surface area contributed by atoms with Crippen molar-refractivity contribution in [1.29, 1.82) is 0 Å². The summed E-state index contributed by atoms with van der Waals surface area (Å²) in [5, 5.41) is 9.90. The Bertz CT molecular complexity index is 3380. The van der Waals surface area contributed by atoms with Gasteiger partial charge in [0.25, 0.3) is 0 Å². The smallest absolute Gasteiger partial charge is 0.160 e. The van der Waals surface area contributed by atoms with E-state index in [2.05, 4.69) is 189 Å². The van der Waals surface area contributed by atoms with Gasteiger partial charge in [-0.05, 0) is 78.0 Å². The molecule has 0 spiro atoms. The van der Waals surface area contributed by atoms with E-state index in [0.717, 1.165) is 50.1 Å². The number of nitrogens with two attached hydrogens (primary N) is 1. The highest BCUT2D eigenvalue weighted by Gasteiger charge is 2.25. The number of benzene rings is 9. The lowest BCUT2D eigenvalue weighted by Gasteiger charge is -2.13. The second-order valence-corrected chi connectivity index (χ2v) is 16.6. The van der Waals surface area contributed by atoms with Crippen molar-refractivity contribution in [3.63, 3.8) is 0 Å². The van der Waals surface area contributed by atoms with Crippen LogP contribution in [0.2, 0.25) is 0 Å². The summed E-state index contributed by atoms with van der Waals surface area (Å²) in [5.41, 5.74) is 17.2. The molecular formula is C56H39N3S. The molecule has 1 aromatic heterocycles. The molecule has 0 amide bonds. The quantitative estimate of drug-likeness (QED) is 0.177. The van der Waals surface area contributed by atoms with Crippen molar-refractivity contribution in [2.45, 2.75) is 17.7 Å². The molecule has 60 heavy (non-hydrogen) atoms. The summed E-state index contributed by atoms with van der Waals surface area (Å²) >= 11 is 1.86. The van der Waals surface area contributed by atoms with Crippen LogP contribution in [0.4, 0.5) is 0 Å². The second kappa shape index (κ2) is 14.8. The summed E-state index contributed by atoms with van der Waals surface area (Å²) in [6.45, 7) is 2.29. The Morgan fingerprint density at radius 3 is 1.63 bits per heavy atom. The third kappa shape index (κ3) is 6.25. The van der Waals surface area contributed by atoms with E-state index in [-0.39, 0.29) is 0 Å². The standard InChI is InChI=1S/C56H39N3S/c1-35-42-15-11-12-22-53(42)60-55(35)49-21-10-9-20-48(49)54(57)39-29-27-38(28-30-39)52-34-51(58-56(59-52)40-13-3-2-4-14-40)37-25-23-36(24-26-37)41-31-32-47-45-18-6-5-16-43(45)44-17-7-8-19-46(44)50(47)33-41/h2-35H,57H2,1H3/b54-48-,55-49+. The third-order valence-corrected chi connectivity index (χ3v) is 13.4. The molecule has 3 nitrogen and oxygen atoms in total. The summed E-state index contributed by atoms with van der Waals surface area (Å²) in [4.78, 5) is 12.9. The van der Waals surface area contributed by atoms with Gasteiger partial charge in [-0.2, -0.15) is 0 Å². The van der Waals surface area contributed by atoms with E-state index in [1.807, 2.05) is 30.0 Å². The minimum Gasteiger partial charge on any atom is -0.398 e. The van der Waals surface area contributed by atoms with Gasteiger partial charge in [0.1, 0.15) is 0 Å². The van der Waals surface area contributed by atoms with Gasteiger partial charge in [0.2, 0.25) is 0 Å². The highest BCUT2D eigenvalue weighted by Crippen LogP contribution is 2.48. The van der Waals surface area contributed by atoms with Gasteiger partial charge in [-0.1, -0.05) is 201 Å². The topological polar surface area (TPSA) is 51.8 Å². The zero-order valence-electron chi connectivity index (χ0n) is 33.0. The zero-order valence-corrected chi connectivity index (χ0v) is 33.8. The Morgan fingerprint density at radius 2 is 0.967 bits per heavy atom. The van der Waals surface area contributed by atoms with E-state index in [4.69, 9.17) is 15.7 Å². The molecule has 0 fully saturated rings. The lowest BCUT2D eigenvalue weighted by atomic mass is 9.92. The molecule has 284 valence electrons. The Kier molecular flexibility index (Phi) is 8.87. The number of fused-ring (bicyclic) bond motifs is 7. The minimum atomic E-state index is 0.310. The van der Waals surface area contributed by atoms with Crippen molar-refractivity contribution in [3.8, 4) is 45.0 Å². The molecule has 1 atom stereocenters. The molecule has 0 saturated carbocycles. The van der Waals surface area contributed by atoms with E-state index in [0.29, 0.717) is 11.7 Å². The fourth-order valence-electron chi connectivity index (χ4n) is 8.86. The van der Waals surface area contributed by atoms with Crippen molar-refractivity contribution in [2.75, 3.05) is 0 Å². The number of aromatic nitrogens is 2. The van der Waals surface area contributed by atoms with E-state index in [9.17, 15) is 0 Å². The Morgan fingerprint density at radius 1 is 0.450 bits per heavy atom. The van der Waals surface area contributed by atoms with Gasteiger partial charge >= 0.3 is 0 Å². The first kappa shape index (κ1) is 35.9. The van der Waals surface area contributed by atoms with Gasteiger partial charge in [0.15, 0.2) is 5.82 Å². The van der Waals surface area contributed by atoms with Gasteiger partial charge in [0.05, 0.1) is 11.4 Å². The molecule has 10 aromatic rings. The maximum atomic E-state index is 7.02. The second-order valence-electron chi connectivity index (χ2n) is 15.5. The number of thioether (sulfide) groups is 1. The summed E-state index contributed by atoms with van der Waals surface area (Å²) in [6, 6.07) is 71.1. The summed E-state index contributed by atoms with van der Waals surface area (Å²) in [6.07, 6.45) is 0. The van der Waals surface area contributed by atoms with Crippen molar-refractivity contribution >= 4 is 54.7 Å². The molecule has 0 aliphatic carbocycles. The number of hydrogen-bond acceptors (Lipinski definition) is 4. The largest absolute Gasteiger partial charge is 0.398 e. The first-order valence-corrected chi connectivity index (χ1v) is 21.2. The van der Waals surface area contributed by atoms with E-state index in [1.54, 1.807) is 0 Å². The summed E-state index contributed by atoms with van der Waals surface area (Å²) < 4.78 is 0. The van der Waals surface area contributed by atoms with Crippen LogP contribution in [-0.2, 0) is 0 Å². The molecule has 9 aromatic carbocycles. The molecular weight excluding hydrogens is 747 g/mol. The number of hydrogen-bond donors (Lipinski definition) is 1. The molecule has 1 aliphatic heterocycles. The number of nitrogens with zero attached hydrogens (tertiary/aromatic N) is 2. The average Bonchev–Trinajstić information content (AvgIpc) is 3.67. The Balaban J connectivity index is 0.961. The van der Waals surface area contributed by atoms with Gasteiger partial charge in [-0.15, -0.1) is 0 Å². The van der Waals surface area contributed by atoms with Crippen molar-refractivity contribution in [3.05, 3.63) is 222 Å². The molecule has 2 heterocycles. The van der Waals surface area contributed by atoms with Crippen molar-refractivity contribution in [1.82, 2.24) is 9.97 Å². The van der Waals surface area contributed by atoms with Crippen LogP contribution in [0.25, 0.3) is 87.9 Å². The average molecular weight is 786 g/mol. The van der Waals surface area contributed by atoms with Gasteiger partial charge in [0, 0.05) is 43.3 Å². The summed E-state index contributed by atoms with van der Waals surface area (Å²) in [7, 11) is 0. The first-order valence-electron chi connectivity index (χ1n) is 20.4. The monoisotopic (exact) mass is 785 g/mol. The van der Waals surface area contributed by atoms with E-state index >= 15 is 0 Å². The van der Waals surface area contributed by atoms with Crippen LogP contribution >= 0.6 is 11.8 Å². The molecule has 0 bridgehead atoms. The van der Waals surface area contributed by atoms with Gasteiger partial charge in [-0.3, -0.25) is 0 Å². The van der Waals surface area contributed by atoms with Crippen molar-refractivity contribution < 1.29 is 0 Å². The van der Waals surface area contributed by atoms with Crippen LogP contribution in [0, 0.1) is 0 Å². The van der Waals surface area contributed by atoms with Gasteiger partial charge < -0.3 is 5.73 Å². The lowest BCUT2D eigenvalue weighted by molar-refractivity contribution is 0.989. The minimum absolute atomic E-state index is 0.310. The molecule has 1 unspecified atom stereocenters.